The van der Waals surface area contributed by atoms with Gasteiger partial charge in [-0.15, -0.1) is 0 Å². The zero-order chi connectivity index (χ0) is 21.8. The van der Waals surface area contributed by atoms with Gasteiger partial charge in [0.1, 0.15) is 5.69 Å². The van der Waals surface area contributed by atoms with Gasteiger partial charge in [-0.3, -0.25) is 4.90 Å². The summed E-state index contributed by atoms with van der Waals surface area (Å²) >= 11 is 0. The molecule has 1 aliphatic rings. The molecular weight excluding hydrogens is 402 g/mol. The Balaban J connectivity index is 1.43. The number of aromatic nitrogens is 4. The monoisotopic (exact) mass is 429 g/mol. The molecule has 0 amide bonds. The molecule has 164 valence electrons. The van der Waals surface area contributed by atoms with Gasteiger partial charge >= 0.3 is 0 Å². The number of hydrogen-bond donors (Lipinski definition) is 2. The third kappa shape index (κ3) is 4.56. The quantitative estimate of drug-likeness (QED) is 0.436. The summed E-state index contributed by atoms with van der Waals surface area (Å²) in [4.78, 5) is 11.8. The van der Waals surface area contributed by atoms with Crippen LogP contribution in [0.4, 0.5) is 11.6 Å². The highest BCUT2D eigenvalue weighted by molar-refractivity contribution is 5.91. The third-order valence-corrected chi connectivity index (χ3v) is 5.66. The summed E-state index contributed by atoms with van der Waals surface area (Å²) in [6.07, 6.45) is 1.86. The first-order valence-electron chi connectivity index (χ1n) is 10.9. The fourth-order valence-corrected chi connectivity index (χ4v) is 3.92. The molecule has 0 unspecified atom stereocenters. The fraction of sp³-hybridized carbons (Fsp3) is 0.292. The zero-order valence-corrected chi connectivity index (χ0v) is 17.9. The average molecular weight is 430 g/mol. The van der Waals surface area contributed by atoms with E-state index in [9.17, 15) is 0 Å². The maximum atomic E-state index is 5.88. The largest absolute Gasteiger partial charge is 0.399 e. The summed E-state index contributed by atoms with van der Waals surface area (Å²) in [6.45, 7) is 5.89. The van der Waals surface area contributed by atoms with Crippen LogP contribution in [0.15, 0.2) is 60.8 Å². The molecule has 32 heavy (non-hydrogen) atoms. The molecule has 8 heteroatoms. The van der Waals surface area contributed by atoms with Gasteiger partial charge in [-0.1, -0.05) is 42.5 Å². The van der Waals surface area contributed by atoms with Crippen molar-refractivity contribution in [1.82, 2.24) is 24.6 Å². The van der Waals surface area contributed by atoms with Crippen LogP contribution in [-0.2, 0) is 11.3 Å². The number of rotatable bonds is 7. The Morgan fingerprint density at radius 2 is 1.78 bits per heavy atom. The Morgan fingerprint density at radius 1 is 1.00 bits per heavy atom. The molecule has 2 aromatic heterocycles. The van der Waals surface area contributed by atoms with Gasteiger partial charge in [-0.25, -0.2) is 9.67 Å². The van der Waals surface area contributed by atoms with Gasteiger partial charge in [0.15, 0.2) is 5.65 Å². The number of nitrogens with one attached hydrogen (secondary N) is 1. The van der Waals surface area contributed by atoms with Gasteiger partial charge in [0.25, 0.3) is 0 Å². The lowest BCUT2D eigenvalue weighted by Crippen LogP contribution is -2.39. The zero-order valence-electron chi connectivity index (χ0n) is 17.9. The van der Waals surface area contributed by atoms with Crippen molar-refractivity contribution >= 4 is 22.7 Å². The van der Waals surface area contributed by atoms with Gasteiger partial charge < -0.3 is 15.8 Å². The number of benzene rings is 2. The van der Waals surface area contributed by atoms with Crippen molar-refractivity contribution in [3.8, 4) is 11.3 Å². The van der Waals surface area contributed by atoms with Gasteiger partial charge in [-0.05, 0) is 17.7 Å². The van der Waals surface area contributed by atoms with E-state index in [1.54, 1.807) is 0 Å². The lowest BCUT2D eigenvalue weighted by Gasteiger charge is -2.26. The molecule has 0 radical (unpaired) electrons. The van der Waals surface area contributed by atoms with E-state index in [0.29, 0.717) is 12.5 Å². The topological polar surface area (TPSA) is 94.1 Å². The van der Waals surface area contributed by atoms with Crippen molar-refractivity contribution in [2.24, 2.45) is 0 Å². The number of fused-ring (bicyclic) bond motifs is 1. The minimum atomic E-state index is 0.615. The van der Waals surface area contributed by atoms with Crippen LogP contribution in [0.1, 0.15) is 5.56 Å². The average Bonchev–Trinajstić information content (AvgIpc) is 3.18. The van der Waals surface area contributed by atoms with Crippen LogP contribution in [0.25, 0.3) is 22.3 Å². The lowest BCUT2D eigenvalue weighted by molar-refractivity contribution is 0.0398. The first-order valence-corrected chi connectivity index (χ1v) is 10.9. The maximum absolute atomic E-state index is 5.88. The Labute approximate surface area is 187 Å². The molecule has 3 N–H and O–H groups in total. The predicted octanol–water partition coefficient (Wildman–Crippen LogP) is 2.87. The van der Waals surface area contributed by atoms with Crippen LogP contribution in [0.5, 0.6) is 0 Å². The number of hydrogen-bond acceptors (Lipinski definition) is 7. The van der Waals surface area contributed by atoms with Crippen LogP contribution in [0.2, 0.25) is 0 Å². The molecular formula is C24H27N7O. The molecule has 3 heterocycles. The van der Waals surface area contributed by atoms with E-state index in [4.69, 9.17) is 20.6 Å². The molecule has 5 rings (SSSR count). The van der Waals surface area contributed by atoms with Crippen molar-refractivity contribution < 1.29 is 4.74 Å². The number of morpholine rings is 1. The SMILES string of the molecule is Nc1ccc(-c2nn(Cc3ccccc3)c3nc(NCCN4CCOCC4)ncc23)cc1. The summed E-state index contributed by atoms with van der Waals surface area (Å²) < 4.78 is 7.37. The number of anilines is 2. The van der Waals surface area contributed by atoms with Gasteiger partial charge in [-0.2, -0.15) is 10.1 Å². The smallest absolute Gasteiger partial charge is 0.224 e. The van der Waals surface area contributed by atoms with E-state index < -0.39 is 0 Å². The Kier molecular flexibility index (Phi) is 5.96. The Hall–Kier alpha value is -3.49. The number of nitrogen functional groups attached to an aromatic ring is 1. The van der Waals surface area contributed by atoms with E-state index in [1.165, 1.54) is 5.56 Å². The van der Waals surface area contributed by atoms with E-state index >= 15 is 0 Å². The van der Waals surface area contributed by atoms with Crippen LogP contribution < -0.4 is 11.1 Å². The summed E-state index contributed by atoms with van der Waals surface area (Å²) in [7, 11) is 0. The van der Waals surface area contributed by atoms with Crippen molar-refractivity contribution in [2.45, 2.75) is 6.54 Å². The summed E-state index contributed by atoms with van der Waals surface area (Å²) in [5.74, 6) is 0.615. The molecule has 0 atom stereocenters. The third-order valence-electron chi connectivity index (χ3n) is 5.66. The Morgan fingerprint density at radius 3 is 2.56 bits per heavy atom. The highest BCUT2D eigenvalue weighted by Gasteiger charge is 2.16. The molecule has 4 aromatic rings. The molecule has 1 fully saturated rings. The second-order valence-electron chi connectivity index (χ2n) is 7.93. The molecule has 0 bridgehead atoms. The standard InChI is InChI=1S/C24H27N7O/c25-20-8-6-19(7-9-20)22-21-16-27-24(26-10-11-30-12-14-32-15-13-30)28-23(21)31(29-22)17-18-4-2-1-3-5-18/h1-9,16H,10-15,17,25H2,(H,26,27,28). The second kappa shape index (κ2) is 9.33. The highest BCUT2D eigenvalue weighted by atomic mass is 16.5. The molecule has 0 spiro atoms. The molecule has 0 aliphatic carbocycles. The predicted molar refractivity (Wildman–Crippen MR) is 126 cm³/mol. The number of nitrogens with two attached hydrogens (primary N) is 1. The van der Waals surface area contributed by atoms with E-state index in [1.807, 2.05) is 53.3 Å². The van der Waals surface area contributed by atoms with Crippen LogP contribution in [0.3, 0.4) is 0 Å². The van der Waals surface area contributed by atoms with Gasteiger partial charge in [0.05, 0.1) is 25.1 Å². The van der Waals surface area contributed by atoms with Crippen LogP contribution in [-0.4, -0.2) is 64.0 Å². The van der Waals surface area contributed by atoms with Crippen LogP contribution >= 0.6 is 0 Å². The number of ether oxygens (including phenoxy) is 1. The highest BCUT2D eigenvalue weighted by Crippen LogP contribution is 2.28. The summed E-state index contributed by atoms with van der Waals surface area (Å²) in [5, 5.41) is 9.19. The minimum Gasteiger partial charge on any atom is -0.399 e. The van der Waals surface area contributed by atoms with E-state index in [0.717, 1.165) is 67.4 Å². The fourth-order valence-electron chi connectivity index (χ4n) is 3.92. The first kappa shape index (κ1) is 20.4. The summed E-state index contributed by atoms with van der Waals surface area (Å²) in [5.41, 5.74) is 10.4. The van der Waals surface area contributed by atoms with E-state index in [-0.39, 0.29) is 0 Å². The van der Waals surface area contributed by atoms with Crippen molar-refractivity contribution in [3.63, 3.8) is 0 Å². The van der Waals surface area contributed by atoms with Gasteiger partial charge in [0, 0.05) is 43.6 Å². The van der Waals surface area contributed by atoms with Crippen molar-refractivity contribution in [3.05, 3.63) is 66.4 Å². The minimum absolute atomic E-state index is 0.615. The first-order chi connectivity index (χ1) is 15.8. The summed E-state index contributed by atoms with van der Waals surface area (Å²) in [6, 6.07) is 18.0. The molecule has 2 aromatic carbocycles. The van der Waals surface area contributed by atoms with E-state index in [2.05, 4.69) is 27.3 Å². The normalized spacial score (nSPS) is 14.6. The maximum Gasteiger partial charge on any atom is 0.224 e. The lowest BCUT2D eigenvalue weighted by atomic mass is 10.1. The van der Waals surface area contributed by atoms with Gasteiger partial charge in [0.2, 0.25) is 5.95 Å². The molecule has 1 saturated heterocycles. The second-order valence-corrected chi connectivity index (χ2v) is 7.93. The molecule has 0 saturated carbocycles. The molecule has 1 aliphatic heterocycles. The number of nitrogens with zero attached hydrogens (tertiary/aromatic N) is 5. The molecule has 8 nitrogen and oxygen atoms in total. The van der Waals surface area contributed by atoms with Crippen molar-refractivity contribution in [2.75, 3.05) is 50.4 Å². The van der Waals surface area contributed by atoms with Crippen LogP contribution in [0, 0.1) is 0 Å². The van der Waals surface area contributed by atoms with Crippen molar-refractivity contribution in [1.29, 1.82) is 0 Å². The Bertz CT molecular complexity index is 1170.